The number of likely N-dealkylation sites (tertiary alicyclic amines) is 1. The van der Waals surface area contributed by atoms with Gasteiger partial charge in [0, 0.05) is 37.1 Å². The summed E-state index contributed by atoms with van der Waals surface area (Å²) >= 11 is 0. The Morgan fingerprint density at radius 3 is 2.65 bits per heavy atom. The summed E-state index contributed by atoms with van der Waals surface area (Å²) in [6.45, 7) is 1.65. The van der Waals surface area contributed by atoms with Gasteiger partial charge in [-0.05, 0) is 54.7 Å². The zero-order valence-electron chi connectivity index (χ0n) is 14.6. The zero-order valence-corrected chi connectivity index (χ0v) is 14.6. The van der Waals surface area contributed by atoms with Crippen LogP contribution in [0.1, 0.15) is 34.3 Å². The van der Waals surface area contributed by atoms with E-state index in [9.17, 15) is 4.79 Å². The molecule has 0 N–H and O–H groups in total. The van der Waals surface area contributed by atoms with Gasteiger partial charge in [0.05, 0.1) is 5.56 Å². The van der Waals surface area contributed by atoms with Crippen LogP contribution < -0.4 is 0 Å². The topological polar surface area (TPSA) is 38.1 Å². The summed E-state index contributed by atoms with van der Waals surface area (Å²) in [7, 11) is 0. The van der Waals surface area contributed by atoms with Crippen LogP contribution >= 0.6 is 0 Å². The van der Waals surface area contributed by atoms with E-state index < -0.39 is 0 Å². The first-order chi connectivity index (χ1) is 12.8. The van der Waals surface area contributed by atoms with Crippen LogP contribution in [0.2, 0.25) is 0 Å². The molecule has 130 valence electrons. The van der Waals surface area contributed by atoms with E-state index in [1.807, 2.05) is 46.1 Å². The molecule has 2 aromatic heterocycles. The van der Waals surface area contributed by atoms with Crippen LogP contribution in [0.4, 0.5) is 0 Å². The molecule has 1 atom stereocenters. The molecule has 1 aromatic carbocycles. The second kappa shape index (κ2) is 5.84. The maximum atomic E-state index is 13.0. The average molecular weight is 343 g/mol. The van der Waals surface area contributed by atoms with Crippen LogP contribution in [0, 0.1) is 0 Å². The second-order valence-electron chi connectivity index (χ2n) is 7.41. The summed E-state index contributed by atoms with van der Waals surface area (Å²) in [6, 6.07) is 16.5. The van der Waals surface area contributed by atoms with Crippen LogP contribution in [-0.4, -0.2) is 33.4 Å². The van der Waals surface area contributed by atoms with Crippen LogP contribution in [0.25, 0.3) is 5.82 Å². The van der Waals surface area contributed by atoms with Crippen molar-refractivity contribution in [2.75, 3.05) is 13.1 Å². The first kappa shape index (κ1) is 15.4. The maximum absolute atomic E-state index is 13.0. The van der Waals surface area contributed by atoms with Crippen molar-refractivity contribution in [1.29, 1.82) is 0 Å². The van der Waals surface area contributed by atoms with Gasteiger partial charge in [0.15, 0.2) is 0 Å². The van der Waals surface area contributed by atoms with Gasteiger partial charge in [0.1, 0.15) is 5.82 Å². The van der Waals surface area contributed by atoms with Crippen LogP contribution in [0.3, 0.4) is 0 Å². The molecule has 26 heavy (non-hydrogen) atoms. The van der Waals surface area contributed by atoms with Crippen molar-refractivity contribution >= 4 is 5.91 Å². The van der Waals surface area contributed by atoms with Gasteiger partial charge in [-0.2, -0.15) is 0 Å². The molecule has 1 aliphatic carbocycles. The van der Waals surface area contributed by atoms with Gasteiger partial charge < -0.3 is 9.47 Å². The van der Waals surface area contributed by atoms with E-state index in [0.717, 1.165) is 38.2 Å². The number of pyridine rings is 1. The lowest BCUT2D eigenvalue weighted by Crippen LogP contribution is -2.33. The molecule has 4 nitrogen and oxygen atoms in total. The standard InChI is InChI=1S/C22H21N3O/c26-21(18-7-8-20(23-15-18)24-12-3-4-13-24)25-14-11-22(16-25)10-9-17-5-1-2-6-19(17)22/h1-8,12-13,15H,9-11,14,16H2. The monoisotopic (exact) mass is 343 g/mol. The number of rotatable bonds is 2. The normalized spacial score (nSPS) is 21.3. The van der Waals surface area contributed by atoms with Crippen LogP contribution in [0.15, 0.2) is 67.1 Å². The molecule has 0 saturated carbocycles. The van der Waals surface area contributed by atoms with Gasteiger partial charge in [-0.1, -0.05) is 24.3 Å². The highest BCUT2D eigenvalue weighted by atomic mass is 16.2. The van der Waals surface area contributed by atoms with E-state index in [-0.39, 0.29) is 11.3 Å². The van der Waals surface area contributed by atoms with Crippen molar-refractivity contribution in [3.8, 4) is 5.82 Å². The third-order valence-electron chi connectivity index (χ3n) is 5.97. The molecular weight excluding hydrogens is 322 g/mol. The van der Waals surface area contributed by atoms with Crippen molar-refractivity contribution < 1.29 is 4.79 Å². The van der Waals surface area contributed by atoms with Crippen LogP contribution in [0.5, 0.6) is 0 Å². The Kier molecular flexibility index (Phi) is 3.45. The third kappa shape index (κ3) is 2.37. The molecule has 1 saturated heterocycles. The molecule has 1 aliphatic heterocycles. The lowest BCUT2D eigenvalue weighted by Gasteiger charge is -2.25. The van der Waals surface area contributed by atoms with Gasteiger partial charge in [-0.25, -0.2) is 4.98 Å². The quantitative estimate of drug-likeness (QED) is 0.713. The van der Waals surface area contributed by atoms with E-state index in [0.29, 0.717) is 5.56 Å². The number of fused-ring (bicyclic) bond motifs is 2. The maximum Gasteiger partial charge on any atom is 0.255 e. The number of hydrogen-bond acceptors (Lipinski definition) is 2. The SMILES string of the molecule is O=C(c1ccc(-n2cccc2)nc1)N1CCC2(CCc3ccccc32)C1. The fourth-order valence-electron chi connectivity index (χ4n) is 4.57. The van der Waals surface area contributed by atoms with Crippen molar-refractivity contribution in [3.63, 3.8) is 0 Å². The number of nitrogens with zero attached hydrogens (tertiary/aromatic N) is 3. The second-order valence-corrected chi connectivity index (χ2v) is 7.41. The Bertz CT molecular complexity index is 946. The van der Waals surface area contributed by atoms with Gasteiger partial charge >= 0.3 is 0 Å². The highest BCUT2D eigenvalue weighted by molar-refractivity contribution is 5.94. The zero-order chi connectivity index (χ0) is 17.6. The van der Waals surface area contributed by atoms with E-state index in [1.165, 1.54) is 11.1 Å². The Balaban J connectivity index is 1.36. The number of carbonyl (C=O) groups is 1. The highest BCUT2D eigenvalue weighted by Crippen LogP contribution is 2.45. The molecular formula is C22H21N3O. The highest BCUT2D eigenvalue weighted by Gasteiger charge is 2.45. The smallest absolute Gasteiger partial charge is 0.255 e. The van der Waals surface area contributed by atoms with Gasteiger partial charge in [0.2, 0.25) is 0 Å². The summed E-state index contributed by atoms with van der Waals surface area (Å²) < 4.78 is 1.94. The Hall–Kier alpha value is -2.88. The Morgan fingerprint density at radius 2 is 1.85 bits per heavy atom. The van der Waals surface area contributed by atoms with E-state index in [2.05, 4.69) is 29.2 Å². The number of benzene rings is 1. The van der Waals surface area contributed by atoms with E-state index in [4.69, 9.17) is 0 Å². The van der Waals surface area contributed by atoms with Gasteiger partial charge in [-0.15, -0.1) is 0 Å². The average Bonchev–Trinajstić information content (AvgIpc) is 3.43. The predicted octanol–water partition coefficient (Wildman–Crippen LogP) is 3.60. The third-order valence-corrected chi connectivity index (χ3v) is 5.97. The first-order valence-corrected chi connectivity index (χ1v) is 9.22. The molecule has 3 aromatic rings. The summed E-state index contributed by atoms with van der Waals surface area (Å²) in [5.74, 6) is 0.923. The summed E-state index contributed by atoms with van der Waals surface area (Å²) in [6.07, 6.45) is 8.94. The van der Waals surface area contributed by atoms with Crippen molar-refractivity contribution in [1.82, 2.24) is 14.5 Å². The first-order valence-electron chi connectivity index (χ1n) is 9.22. The van der Waals surface area contributed by atoms with Crippen LogP contribution in [-0.2, 0) is 11.8 Å². The Morgan fingerprint density at radius 1 is 1.00 bits per heavy atom. The minimum Gasteiger partial charge on any atom is -0.338 e. The minimum atomic E-state index is 0.0952. The lowest BCUT2D eigenvalue weighted by molar-refractivity contribution is 0.0783. The fourth-order valence-corrected chi connectivity index (χ4v) is 4.57. The molecule has 0 bridgehead atoms. The molecule has 1 amide bonds. The number of amides is 1. The van der Waals surface area contributed by atoms with Gasteiger partial charge in [0.25, 0.3) is 5.91 Å². The van der Waals surface area contributed by atoms with E-state index >= 15 is 0 Å². The number of aromatic nitrogens is 2. The number of carbonyl (C=O) groups excluding carboxylic acids is 1. The minimum absolute atomic E-state index is 0.0952. The number of hydrogen-bond donors (Lipinski definition) is 0. The lowest BCUT2D eigenvalue weighted by atomic mass is 9.81. The summed E-state index contributed by atoms with van der Waals surface area (Å²) in [5.41, 5.74) is 3.74. The predicted molar refractivity (Wildman–Crippen MR) is 101 cm³/mol. The molecule has 1 fully saturated rings. The molecule has 1 unspecified atom stereocenters. The summed E-state index contributed by atoms with van der Waals surface area (Å²) in [4.78, 5) is 19.4. The number of aryl methyl sites for hydroxylation is 1. The molecule has 5 rings (SSSR count). The largest absolute Gasteiger partial charge is 0.338 e. The Labute approximate surface area is 153 Å². The van der Waals surface area contributed by atoms with E-state index in [1.54, 1.807) is 6.20 Å². The molecule has 2 aliphatic rings. The molecule has 4 heteroatoms. The molecule has 3 heterocycles. The molecule has 0 radical (unpaired) electrons. The molecule has 1 spiro atoms. The summed E-state index contributed by atoms with van der Waals surface area (Å²) in [5, 5.41) is 0. The van der Waals surface area contributed by atoms with Crippen molar-refractivity contribution in [2.45, 2.75) is 24.7 Å². The van der Waals surface area contributed by atoms with Gasteiger partial charge in [-0.3, -0.25) is 4.79 Å². The van der Waals surface area contributed by atoms with Crippen molar-refractivity contribution in [3.05, 3.63) is 83.8 Å². The van der Waals surface area contributed by atoms with Crippen molar-refractivity contribution in [2.24, 2.45) is 0 Å². The fraction of sp³-hybridized carbons (Fsp3) is 0.273.